The molecular weight excluding hydrogens is 244 g/mol. The van der Waals surface area contributed by atoms with Crippen molar-refractivity contribution >= 4 is 5.78 Å². The van der Waals surface area contributed by atoms with Gasteiger partial charge >= 0.3 is 0 Å². The molecule has 0 unspecified atom stereocenters. The fourth-order valence-corrected chi connectivity index (χ4v) is 5.88. The fourth-order valence-electron chi connectivity index (χ4n) is 5.88. The smallest absolute Gasteiger partial charge is 0.155 e. The van der Waals surface area contributed by atoms with E-state index in [1.807, 2.05) is 6.08 Å². The lowest BCUT2D eigenvalue weighted by molar-refractivity contribution is -0.116. The lowest BCUT2D eigenvalue weighted by atomic mass is 9.49. The normalized spacial score (nSPS) is 47.0. The van der Waals surface area contributed by atoms with Crippen molar-refractivity contribution in [1.29, 1.82) is 0 Å². The summed E-state index contributed by atoms with van der Waals surface area (Å²) in [7, 11) is 0. The van der Waals surface area contributed by atoms with Crippen LogP contribution in [0.4, 0.5) is 0 Å². The summed E-state index contributed by atoms with van der Waals surface area (Å²) < 4.78 is 0. The van der Waals surface area contributed by atoms with Crippen molar-refractivity contribution in [2.45, 2.75) is 65.2 Å². The third-order valence-corrected chi connectivity index (χ3v) is 7.15. The van der Waals surface area contributed by atoms with Crippen molar-refractivity contribution in [3.8, 4) is 0 Å². The van der Waals surface area contributed by atoms with Crippen molar-refractivity contribution < 1.29 is 4.79 Å². The molecule has 0 aromatic carbocycles. The van der Waals surface area contributed by atoms with Crippen LogP contribution in [0.2, 0.25) is 0 Å². The SMILES string of the molecule is C[C@@]12CCC=C1[C@H]1CCC3=CC(=O)CC[C@]3(C)[C@@H]1CC2. The van der Waals surface area contributed by atoms with Crippen molar-refractivity contribution in [2.75, 3.05) is 0 Å². The van der Waals surface area contributed by atoms with Crippen LogP contribution in [0.25, 0.3) is 0 Å². The van der Waals surface area contributed by atoms with Gasteiger partial charge in [0.2, 0.25) is 0 Å². The molecule has 4 rings (SSSR count). The number of hydrogen-bond donors (Lipinski definition) is 0. The van der Waals surface area contributed by atoms with Gasteiger partial charge in [-0.3, -0.25) is 4.79 Å². The van der Waals surface area contributed by atoms with E-state index in [2.05, 4.69) is 19.9 Å². The van der Waals surface area contributed by atoms with Gasteiger partial charge in [-0.05, 0) is 73.7 Å². The predicted molar refractivity (Wildman–Crippen MR) is 81.3 cm³/mol. The van der Waals surface area contributed by atoms with Gasteiger partial charge in [0.25, 0.3) is 0 Å². The van der Waals surface area contributed by atoms with Gasteiger partial charge in [0.05, 0.1) is 0 Å². The van der Waals surface area contributed by atoms with Gasteiger partial charge in [0.1, 0.15) is 0 Å². The molecule has 20 heavy (non-hydrogen) atoms. The van der Waals surface area contributed by atoms with Crippen LogP contribution in [0, 0.1) is 22.7 Å². The Bertz CT molecular complexity index is 526. The molecular formula is C19H26O. The third kappa shape index (κ3) is 1.58. The van der Waals surface area contributed by atoms with Crippen LogP contribution in [-0.4, -0.2) is 5.78 Å². The average molecular weight is 270 g/mol. The largest absolute Gasteiger partial charge is 0.295 e. The van der Waals surface area contributed by atoms with E-state index in [9.17, 15) is 4.79 Å². The van der Waals surface area contributed by atoms with Gasteiger partial charge in [-0.2, -0.15) is 0 Å². The maximum absolute atomic E-state index is 11.8. The van der Waals surface area contributed by atoms with Crippen LogP contribution in [0.5, 0.6) is 0 Å². The molecule has 0 spiro atoms. The first-order valence-corrected chi connectivity index (χ1v) is 8.47. The van der Waals surface area contributed by atoms with Gasteiger partial charge in [0, 0.05) is 6.42 Å². The second kappa shape index (κ2) is 4.08. The first-order valence-electron chi connectivity index (χ1n) is 8.47. The first-order chi connectivity index (χ1) is 9.53. The maximum atomic E-state index is 11.8. The molecule has 0 bridgehead atoms. The molecule has 0 aromatic rings. The van der Waals surface area contributed by atoms with Crippen molar-refractivity contribution in [1.82, 2.24) is 0 Å². The standard InChI is InChI=1S/C19H26O/c1-18-9-3-4-16(18)15-6-5-13-12-14(20)7-11-19(13,2)17(15)8-10-18/h4,12,15,17H,3,5-11H2,1-2H3/t15-,17-,18+,19+/m1/s1. The molecule has 0 N–H and O–H groups in total. The Balaban J connectivity index is 1.73. The van der Waals surface area contributed by atoms with Gasteiger partial charge in [-0.25, -0.2) is 0 Å². The summed E-state index contributed by atoms with van der Waals surface area (Å²) in [5.41, 5.74) is 4.12. The topological polar surface area (TPSA) is 17.1 Å². The molecule has 0 aromatic heterocycles. The Morgan fingerprint density at radius 1 is 1.10 bits per heavy atom. The Morgan fingerprint density at radius 3 is 2.80 bits per heavy atom. The molecule has 2 fully saturated rings. The van der Waals surface area contributed by atoms with E-state index < -0.39 is 0 Å². The zero-order valence-electron chi connectivity index (χ0n) is 12.9. The van der Waals surface area contributed by atoms with Gasteiger partial charge in [0.15, 0.2) is 5.78 Å². The summed E-state index contributed by atoms with van der Waals surface area (Å²) in [6.07, 6.45) is 14.3. The molecule has 0 aliphatic heterocycles. The minimum Gasteiger partial charge on any atom is -0.295 e. The summed E-state index contributed by atoms with van der Waals surface area (Å²) in [4.78, 5) is 11.8. The number of carbonyl (C=O) groups excluding carboxylic acids is 1. The van der Waals surface area contributed by atoms with E-state index in [1.165, 1.54) is 37.7 Å². The predicted octanol–water partition coefficient (Wildman–Crippen LogP) is 4.83. The highest BCUT2D eigenvalue weighted by atomic mass is 16.1. The van der Waals surface area contributed by atoms with E-state index in [1.54, 1.807) is 5.57 Å². The van der Waals surface area contributed by atoms with E-state index >= 15 is 0 Å². The number of fused-ring (bicyclic) bond motifs is 5. The minimum absolute atomic E-state index is 0.321. The highest BCUT2D eigenvalue weighted by Crippen LogP contribution is 2.63. The fraction of sp³-hybridized carbons (Fsp3) is 0.737. The van der Waals surface area contributed by atoms with Gasteiger partial charge in [-0.15, -0.1) is 0 Å². The molecule has 4 aliphatic rings. The zero-order chi connectivity index (χ0) is 14.0. The maximum Gasteiger partial charge on any atom is 0.155 e. The van der Waals surface area contributed by atoms with Crippen LogP contribution in [0.15, 0.2) is 23.3 Å². The van der Waals surface area contributed by atoms with Crippen LogP contribution in [0.1, 0.15) is 65.2 Å². The van der Waals surface area contributed by atoms with Crippen LogP contribution < -0.4 is 0 Å². The van der Waals surface area contributed by atoms with E-state index in [0.29, 0.717) is 16.6 Å². The van der Waals surface area contributed by atoms with E-state index in [4.69, 9.17) is 0 Å². The summed E-state index contributed by atoms with van der Waals surface area (Å²) in [5.74, 6) is 1.98. The Kier molecular flexibility index (Phi) is 2.63. The first kappa shape index (κ1) is 12.9. The molecule has 2 saturated carbocycles. The lowest BCUT2D eigenvalue weighted by Crippen LogP contribution is -2.46. The molecule has 0 amide bonds. The summed E-state index contributed by atoms with van der Waals surface area (Å²) >= 11 is 0. The van der Waals surface area contributed by atoms with Crippen LogP contribution in [-0.2, 0) is 4.79 Å². The van der Waals surface area contributed by atoms with Crippen LogP contribution in [0.3, 0.4) is 0 Å². The Hall–Kier alpha value is -0.850. The average Bonchev–Trinajstić information content (AvgIpc) is 2.81. The third-order valence-electron chi connectivity index (χ3n) is 7.15. The van der Waals surface area contributed by atoms with Gasteiger partial charge in [-0.1, -0.05) is 31.1 Å². The zero-order valence-corrected chi connectivity index (χ0v) is 12.9. The molecule has 4 aliphatic carbocycles. The van der Waals surface area contributed by atoms with E-state index in [0.717, 1.165) is 31.1 Å². The Labute approximate surface area is 122 Å². The monoisotopic (exact) mass is 270 g/mol. The van der Waals surface area contributed by atoms with Crippen molar-refractivity contribution in [3.05, 3.63) is 23.3 Å². The lowest BCUT2D eigenvalue weighted by Gasteiger charge is -2.55. The second-order valence-corrected chi connectivity index (χ2v) is 8.10. The minimum atomic E-state index is 0.321. The highest BCUT2D eigenvalue weighted by molar-refractivity contribution is 5.91. The number of hydrogen-bond acceptors (Lipinski definition) is 1. The quantitative estimate of drug-likeness (QED) is 0.576. The van der Waals surface area contributed by atoms with Crippen LogP contribution >= 0.6 is 0 Å². The number of allylic oxidation sites excluding steroid dienone is 4. The molecule has 0 radical (unpaired) electrons. The molecule has 108 valence electrons. The summed E-state index contributed by atoms with van der Waals surface area (Å²) in [6, 6.07) is 0. The number of ketones is 1. The summed E-state index contributed by atoms with van der Waals surface area (Å²) in [6.45, 7) is 4.96. The molecule has 4 atom stereocenters. The molecule has 0 heterocycles. The van der Waals surface area contributed by atoms with Crippen molar-refractivity contribution in [3.63, 3.8) is 0 Å². The van der Waals surface area contributed by atoms with Gasteiger partial charge < -0.3 is 0 Å². The number of rotatable bonds is 0. The molecule has 1 heteroatoms. The molecule has 0 saturated heterocycles. The molecule has 1 nitrogen and oxygen atoms in total. The summed E-state index contributed by atoms with van der Waals surface area (Å²) in [5, 5.41) is 0. The van der Waals surface area contributed by atoms with E-state index in [-0.39, 0.29) is 0 Å². The Morgan fingerprint density at radius 2 is 1.95 bits per heavy atom. The number of carbonyl (C=O) groups is 1. The highest BCUT2D eigenvalue weighted by Gasteiger charge is 2.53. The van der Waals surface area contributed by atoms with Crippen molar-refractivity contribution in [2.24, 2.45) is 22.7 Å². The second-order valence-electron chi connectivity index (χ2n) is 8.10.